The molecule has 2 heterocycles. The molecule has 0 radical (unpaired) electrons. The second-order valence-electron chi connectivity index (χ2n) is 5.32. The van der Waals surface area contributed by atoms with Gasteiger partial charge in [0.1, 0.15) is 5.60 Å². The lowest BCUT2D eigenvalue weighted by molar-refractivity contribution is -0.0211. The van der Waals surface area contributed by atoms with Crippen molar-refractivity contribution >= 4 is 17.5 Å². The maximum Gasteiger partial charge on any atom is 0.414 e. The van der Waals surface area contributed by atoms with Crippen molar-refractivity contribution < 1.29 is 9.53 Å². The molecular formula is C14H19N3O2. The zero-order valence-corrected chi connectivity index (χ0v) is 10.9. The van der Waals surface area contributed by atoms with Gasteiger partial charge in [-0.05, 0) is 43.7 Å². The molecule has 1 atom stereocenters. The molecule has 1 aromatic carbocycles. The first-order valence-corrected chi connectivity index (χ1v) is 6.75. The van der Waals surface area contributed by atoms with E-state index >= 15 is 0 Å². The Morgan fingerprint density at radius 1 is 1.26 bits per heavy atom. The van der Waals surface area contributed by atoms with Crippen LogP contribution in [0.4, 0.5) is 16.2 Å². The Kier molecular flexibility index (Phi) is 3.06. The van der Waals surface area contributed by atoms with Crippen molar-refractivity contribution in [2.24, 2.45) is 0 Å². The molecule has 2 fully saturated rings. The van der Waals surface area contributed by atoms with Gasteiger partial charge in [0.05, 0.1) is 0 Å². The average molecular weight is 261 g/mol. The summed E-state index contributed by atoms with van der Waals surface area (Å²) < 4.78 is 5.71. The second-order valence-corrected chi connectivity index (χ2v) is 5.32. The fourth-order valence-electron chi connectivity index (χ4n) is 2.83. The van der Waals surface area contributed by atoms with Crippen LogP contribution in [0.15, 0.2) is 24.3 Å². The van der Waals surface area contributed by atoms with Crippen LogP contribution in [0.3, 0.4) is 0 Å². The van der Waals surface area contributed by atoms with Crippen molar-refractivity contribution in [1.29, 1.82) is 0 Å². The van der Waals surface area contributed by atoms with Gasteiger partial charge in [-0.3, -0.25) is 4.90 Å². The zero-order valence-electron chi connectivity index (χ0n) is 10.9. The monoisotopic (exact) mass is 261 g/mol. The van der Waals surface area contributed by atoms with Crippen LogP contribution in [0, 0.1) is 0 Å². The molecule has 5 heteroatoms. The summed E-state index contributed by atoms with van der Waals surface area (Å²) in [5.74, 6) is 0. The van der Waals surface area contributed by atoms with Gasteiger partial charge in [0, 0.05) is 30.9 Å². The average Bonchev–Trinajstić information content (AvgIpc) is 2.41. The van der Waals surface area contributed by atoms with Crippen LogP contribution < -0.4 is 16.0 Å². The second kappa shape index (κ2) is 4.74. The van der Waals surface area contributed by atoms with Crippen LogP contribution in [0.5, 0.6) is 0 Å². The van der Waals surface area contributed by atoms with Crippen LogP contribution in [-0.2, 0) is 4.74 Å². The molecule has 0 bridgehead atoms. The number of nitrogens with two attached hydrogens (primary N) is 1. The summed E-state index contributed by atoms with van der Waals surface area (Å²) in [5.41, 5.74) is 6.91. The van der Waals surface area contributed by atoms with Gasteiger partial charge in [-0.2, -0.15) is 0 Å². The Morgan fingerprint density at radius 2 is 2.05 bits per heavy atom. The van der Waals surface area contributed by atoms with Gasteiger partial charge in [0.25, 0.3) is 0 Å². The Hall–Kier alpha value is -1.75. The van der Waals surface area contributed by atoms with Gasteiger partial charge in [0.2, 0.25) is 0 Å². The van der Waals surface area contributed by atoms with E-state index in [1.165, 1.54) is 0 Å². The Balaban J connectivity index is 1.74. The first kappa shape index (κ1) is 12.3. The van der Waals surface area contributed by atoms with E-state index in [9.17, 15) is 4.79 Å². The highest BCUT2D eigenvalue weighted by Gasteiger charge is 2.41. The minimum atomic E-state index is -0.292. The van der Waals surface area contributed by atoms with E-state index in [1.807, 2.05) is 12.1 Å². The van der Waals surface area contributed by atoms with E-state index in [2.05, 4.69) is 5.32 Å². The van der Waals surface area contributed by atoms with Gasteiger partial charge in [-0.15, -0.1) is 0 Å². The topological polar surface area (TPSA) is 67.6 Å². The smallest absolute Gasteiger partial charge is 0.414 e. The number of carbonyl (C=O) groups is 1. The van der Waals surface area contributed by atoms with E-state index in [4.69, 9.17) is 10.5 Å². The number of nitrogen functional groups attached to an aromatic ring is 1. The lowest BCUT2D eigenvalue weighted by Gasteiger charge is -2.43. The third-order valence-corrected chi connectivity index (χ3v) is 3.95. The minimum Gasteiger partial charge on any atom is -0.441 e. The first-order chi connectivity index (χ1) is 9.19. The molecule has 1 aromatic rings. The number of hydrogen-bond donors (Lipinski definition) is 2. The molecule has 3 rings (SSSR count). The van der Waals surface area contributed by atoms with E-state index in [-0.39, 0.29) is 11.7 Å². The molecule has 1 amide bonds. The van der Waals surface area contributed by atoms with E-state index in [0.29, 0.717) is 12.2 Å². The van der Waals surface area contributed by atoms with E-state index < -0.39 is 0 Å². The number of carbonyl (C=O) groups excluding carboxylic acids is 1. The molecular weight excluding hydrogens is 242 g/mol. The molecule has 102 valence electrons. The summed E-state index contributed by atoms with van der Waals surface area (Å²) in [6.07, 6.45) is 2.65. The normalized spacial score (nSPS) is 27.4. The number of nitrogens with zero attached hydrogens (tertiary/aromatic N) is 1. The fourth-order valence-corrected chi connectivity index (χ4v) is 2.83. The largest absolute Gasteiger partial charge is 0.441 e. The number of piperidine rings is 1. The summed E-state index contributed by atoms with van der Waals surface area (Å²) in [4.78, 5) is 13.9. The number of benzene rings is 1. The van der Waals surface area contributed by atoms with Gasteiger partial charge in [-0.25, -0.2) is 4.79 Å². The quantitative estimate of drug-likeness (QED) is 0.756. The molecule has 2 saturated heterocycles. The third kappa shape index (κ3) is 2.38. The number of ether oxygens (including phenoxy) is 1. The summed E-state index contributed by atoms with van der Waals surface area (Å²) in [5, 5.41) is 3.32. The molecule has 19 heavy (non-hydrogen) atoms. The molecule has 2 aliphatic rings. The third-order valence-electron chi connectivity index (χ3n) is 3.95. The lowest BCUT2D eigenvalue weighted by atomic mass is 9.89. The fraction of sp³-hybridized carbons (Fsp3) is 0.500. The summed E-state index contributed by atoms with van der Waals surface area (Å²) in [6, 6.07) is 7.31. The standard InChI is InChI=1S/C14H19N3O2/c15-11-2-4-12(5-3-11)17-9-7-14(19-13(17)18)6-1-8-16-10-14/h2-5,16H,1,6-10,15H2. The molecule has 1 unspecified atom stereocenters. The maximum absolute atomic E-state index is 12.2. The number of nitrogens with one attached hydrogen (secondary N) is 1. The number of anilines is 2. The van der Waals surface area contributed by atoms with Crippen LogP contribution in [0.25, 0.3) is 0 Å². The van der Waals surface area contributed by atoms with Gasteiger partial charge in [-0.1, -0.05) is 0 Å². The van der Waals surface area contributed by atoms with Crippen molar-refractivity contribution in [2.45, 2.75) is 24.9 Å². The highest BCUT2D eigenvalue weighted by molar-refractivity contribution is 5.88. The molecule has 3 N–H and O–H groups in total. The number of hydrogen-bond acceptors (Lipinski definition) is 4. The molecule has 5 nitrogen and oxygen atoms in total. The van der Waals surface area contributed by atoms with E-state index in [0.717, 1.165) is 38.0 Å². The Labute approximate surface area is 112 Å². The van der Waals surface area contributed by atoms with Crippen molar-refractivity contribution in [3.8, 4) is 0 Å². The van der Waals surface area contributed by atoms with Crippen LogP contribution >= 0.6 is 0 Å². The van der Waals surface area contributed by atoms with Crippen molar-refractivity contribution in [3.63, 3.8) is 0 Å². The summed E-state index contributed by atoms with van der Waals surface area (Å²) >= 11 is 0. The molecule has 0 aliphatic carbocycles. The Bertz CT molecular complexity index is 466. The predicted molar refractivity (Wildman–Crippen MR) is 74.1 cm³/mol. The molecule has 1 spiro atoms. The molecule has 0 aromatic heterocycles. The zero-order chi connectivity index (χ0) is 13.3. The van der Waals surface area contributed by atoms with Gasteiger partial charge < -0.3 is 15.8 Å². The first-order valence-electron chi connectivity index (χ1n) is 6.75. The molecule has 0 saturated carbocycles. The maximum atomic E-state index is 12.2. The molecule has 2 aliphatic heterocycles. The van der Waals surface area contributed by atoms with Crippen LogP contribution in [0.1, 0.15) is 19.3 Å². The van der Waals surface area contributed by atoms with Crippen molar-refractivity contribution in [2.75, 3.05) is 30.3 Å². The van der Waals surface area contributed by atoms with Crippen molar-refractivity contribution in [3.05, 3.63) is 24.3 Å². The minimum absolute atomic E-state index is 0.250. The van der Waals surface area contributed by atoms with Crippen LogP contribution in [-0.4, -0.2) is 31.3 Å². The predicted octanol–water partition coefficient (Wildman–Crippen LogP) is 1.74. The summed E-state index contributed by atoms with van der Waals surface area (Å²) in [7, 11) is 0. The van der Waals surface area contributed by atoms with E-state index in [1.54, 1.807) is 17.0 Å². The number of amides is 1. The van der Waals surface area contributed by atoms with Gasteiger partial charge in [0.15, 0.2) is 0 Å². The van der Waals surface area contributed by atoms with Gasteiger partial charge >= 0.3 is 6.09 Å². The Morgan fingerprint density at radius 3 is 2.68 bits per heavy atom. The SMILES string of the molecule is Nc1ccc(N2CCC3(CCCNC3)OC2=O)cc1. The van der Waals surface area contributed by atoms with Crippen LogP contribution in [0.2, 0.25) is 0 Å². The lowest BCUT2D eigenvalue weighted by Crippen LogP contribution is -2.56. The van der Waals surface area contributed by atoms with Crippen molar-refractivity contribution in [1.82, 2.24) is 5.32 Å². The summed E-state index contributed by atoms with van der Waals surface area (Å²) in [6.45, 7) is 2.49. The highest BCUT2D eigenvalue weighted by Crippen LogP contribution is 2.32. The number of rotatable bonds is 1. The highest BCUT2D eigenvalue weighted by atomic mass is 16.6.